The zero-order valence-electron chi connectivity index (χ0n) is 13.5. The molecule has 3 heteroatoms. The van der Waals surface area contributed by atoms with E-state index in [1.807, 2.05) is 6.92 Å². The standard InChI is InChI=1S/C17H30N2O/c1-13(2)11-14(3)18-12-16(19-9-5-6-10-19)17-8-7-15(4)20-17/h7-8,13-14,16,18H,5-6,9-12H2,1-4H3/t14-,16+/m0/s1. The molecule has 2 heterocycles. The fourth-order valence-corrected chi connectivity index (χ4v) is 3.20. The quantitative estimate of drug-likeness (QED) is 0.823. The Morgan fingerprint density at radius 3 is 2.45 bits per heavy atom. The zero-order valence-corrected chi connectivity index (χ0v) is 13.5. The van der Waals surface area contributed by atoms with Gasteiger partial charge in [-0.3, -0.25) is 4.90 Å². The van der Waals surface area contributed by atoms with Gasteiger partial charge >= 0.3 is 0 Å². The van der Waals surface area contributed by atoms with Crippen molar-refractivity contribution < 1.29 is 4.42 Å². The van der Waals surface area contributed by atoms with Crippen LogP contribution in [0, 0.1) is 12.8 Å². The molecule has 1 aromatic rings. The van der Waals surface area contributed by atoms with E-state index in [-0.39, 0.29) is 0 Å². The van der Waals surface area contributed by atoms with Crippen LogP contribution in [0.1, 0.15) is 57.6 Å². The SMILES string of the molecule is Cc1ccc([C@@H](CN[C@@H](C)CC(C)C)N2CCCC2)o1. The minimum atomic E-state index is 0.390. The van der Waals surface area contributed by atoms with Crippen LogP contribution in [0.4, 0.5) is 0 Å². The maximum Gasteiger partial charge on any atom is 0.122 e. The summed E-state index contributed by atoms with van der Waals surface area (Å²) in [5.41, 5.74) is 0. The summed E-state index contributed by atoms with van der Waals surface area (Å²) in [6.45, 7) is 12.3. The second kappa shape index (κ2) is 7.28. The number of aryl methyl sites for hydroxylation is 1. The van der Waals surface area contributed by atoms with E-state index in [1.54, 1.807) is 0 Å². The minimum Gasteiger partial charge on any atom is -0.465 e. The Labute approximate surface area is 123 Å². The van der Waals surface area contributed by atoms with Crippen LogP contribution in [0.2, 0.25) is 0 Å². The van der Waals surface area contributed by atoms with Gasteiger partial charge in [-0.15, -0.1) is 0 Å². The van der Waals surface area contributed by atoms with Gasteiger partial charge < -0.3 is 9.73 Å². The van der Waals surface area contributed by atoms with Gasteiger partial charge in [0.25, 0.3) is 0 Å². The van der Waals surface area contributed by atoms with Crippen LogP contribution in [-0.4, -0.2) is 30.6 Å². The van der Waals surface area contributed by atoms with Crippen LogP contribution >= 0.6 is 0 Å². The van der Waals surface area contributed by atoms with Crippen LogP contribution in [-0.2, 0) is 0 Å². The van der Waals surface area contributed by atoms with Gasteiger partial charge in [0.05, 0.1) is 6.04 Å². The van der Waals surface area contributed by atoms with Crippen LogP contribution in [0.3, 0.4) is 0 Å². The van der Waals surface area contributed by atoms with Gasteiger partial charge in [-0.25, -0.2) is 0 Å². The Bertz CT molecular complexity index is 393. The van der Waals surface area contributed by atoms with Crippen molar-refractivity contribution in [2.24, 2.45) is 5.92 Å². The van der Waals surface area contributed by atoms with Crippen molar-refractivity contribution in [2.75, 3.05) is 19.6 Å². The third kappa shape index (κ3) is 4.35. The van der Waals surface area contributed by atoms with Crippen molar-refractivity contribution in [2.45, 2.75) is 59.0 Å². The van der Waals surface area contributed by atoms with E-state index in [2.05, 4.69) is 43.1 Å². The normalized spacial score (nSPS) is 19.6. The van der Waals surface area contributed by atoms with Gasteiger partial charge in [0, 0.05) is 12.6 Å². The Balaban J connectivity index is 1.96. The highest BCUT2D eigenvalue weighted by atomic mass is 16.3. The molecule has 1 N–H and O–H groups in total. The number of likely N-dealkylation sites (tertiary alicyclic amines) is 1. The van der Waals surface area contributed by atoms with Gasteiger partial charge in [0.1, 0.15) is 11.5 Å². The van der Waals surface area contributed by atoms with Crippen molar-refractivity contribution in [1.29, 1.82) is 0 Å². The Kier molecular flexibility index (Phi) is 5.67. The van der Waals surface area contributed by atoms with Crippen LogP contribution < -0.4 is 5.32 Å². The summed E-state index contributed by atoms with van der Waals surface area (Å²) < 4.78 is 5.89. The number of hydrogen-bond acceptors (Lipinski definition) is 3. The molecule has 0 saturated carbocycles. The van der Waals surface area contributed by atoms with Crippen LogP contribution in [0.15, 0.2) is 16.5 Å². The van der Waals surface area contributed by atoms with Gasteiger partial charge in [0.15, 0.2) is 0 Å². The minimum absolute atomic E-state index is 0.390. The summed E-state index contributed by atoms with van der Waals surface area (Å²) in [5.74, 6) is 2.88. The molecule has 0 bridgehead atoms. The van der Waals surface area contributed by atoms with Gasteiger partial charge in [-0.1, -0.05) is 13.8 Å². The monoisotopic (exact) mass is 278 g/mol. The first kappa shape index (κ1) is 15.6. The molecule has 114 valence electrons. The first-order valence-electron chi connectivity index (χ1n) is 8.10. The summed E-state index contributed by atoms with van der Waals surface area (Å²) in [4.78, 5) is 2.56. The lowest BCUT2D eigenvalue weighted by Crippen LogP contribution is -2.38. The van der Waals surface area contributed by atoms with Crippen molar-refractivity contribution in [3.63, 3.8) is 0 Å². The summed E-state index contributed by atoms with van der Waals surface area (Å²) in [7, 11) is 0. The van der Waals surface area contributed by atoms with Crippen molar-refractivity contribution in [3.8, 4) is 0 Å². The van der Waals surface area contributed by atoms with Gasteiger partial charge in [0.2, 0.25) is 0 Å². The molecule has 0 aliphatic carbocycles. The first-order chi connectivity index (χ1) is 9.56. The second-order valence-corrected chi connectivity index (χ2v) is 6.65. The molecule has 0 unspecified atom stereocenters. The van der Waals surface area contributed by atoms with E-state index in [0.717, 1.165) is 24.0 Å². The van der Waals surface area contributed by atoms with E-state index in [4.69, 9.17) is 4.42 Å². The smallest absolute Gasteiger partial charge is 0.122 e. The average Bonchev–Trinajstić information content (AvgIpc) is 3.01. The third-order valence-electron chi connectivity index (χ3n) is 4.16. The number of nitrogens with zero attached hydrogens (tertiary/aromatic N) is 1. The molecule has 1 aliphatic rings. The predicted molar refractivity (Wildman–Crippen MR) is 83.9 cm³/mol. The summed E-state index contributed by atoms with van der Waals surface area (Å²) >= 11 is 0. The van der Waals surface area contributed by atoms with E-state index in [1.165, 1.54) is 32.4 Å². The Morgan fingerprint density at radius 1 is 1.20 bits per heavy atom. The van der Waals surface area contributed by atoms with Crippen molar-refractivity contribution >= 4 is 0 Å². The topological polar surface area (TPSA) is 28.4 Å². The fraction of sp³-hybridized carbons (Fsp3) is 0.765. The maximum atomic E-state index is 5.89. The van der Waals surface area contributed by atoms with Crippen molar-refractivity contribution in [3.05, 3.63) is 23.7 Å². The van der Waals surface area contributed by atoms with Crippen LogP contribution in [0.5, 0.6) is 0 Å². The van der Waals surface area contributed by atoms with Gasteiger partial charge in [-0.05, 0) is 64.3 Å². The number of furan rings is 1. The molecule has 0 amide bonds. The molecule has 3 nitrogen and oxygen atoms in total. The zero-order chi connectivity index (χ0) is 14.5. The summed E-state index contributed by atoms with van der Waals surface area (Å²) in [6.07, 6.45) is 3.86. The molecule has 2 rings (SSSR count). The molecular weight excluding hydrogens is 248 g/mol. The molecule has 2 atom stereocenters. The molecule has 1 aliphatic heterocycles. The molecule has 0 aromatic carbocycles. The average molecular weight is 278 g/mol. The molecule has 0 spiro atoms. The summed E-state index contributed by atoms with van der Waals surface area (Å²) in [5, 5.41) is 3.70. The van der Waals surface area contributed by atoms with Crippen molar-refractivity contribution in [1.82, 2.24) is 10.2 Å². The maximum absolute atomic E-state index is 5.89. The molecule has 1 aromatic heterocycles. The Hall–Kier alpha value is -0.800. The first-order valence-corrected chi connectivity index (χ1v) is 8.10. The number of nitrogens with one attached hydrogen (secondary N) is 1. The number of rotatable bonds is 7. The van der Waals surface area contributed by atoms with E-state index in [0.29, 0.717) is 12.1 Å². The molecular formula is C17H30N2O. The largest absolute Gasteiger partial charge is 0.465 e. The van der Waals surface area contributed by atoms with E-state index < -0.39 is 0 Å². The highest BCUT2D eigenvalue weighted by molar-refractivity contribution is 5.11. The molecule has 1 saturated heterocycles. The highest BCUT2D eigenvalue weighted by Gasteiger charge is 2.26. The van der Waals surface area contributed by atoms with Gasteiger partial charge in [-0.2, -0.15) is 0 Å². The molecule has 0 radical (unpaired) electrons. The van der Waals surface area contributed by atoms with E-state index in [9.17, 15) is 0 Å². The lowest BCUT2D eigenvalue weighted by molar-refractivity contribution is 0.202. The second-order valence-electron chi connectivity index (χ2n) is 6.65. The lowest BCUT2D eigenvalue weighted by atomic mass is 10.0. The number of hydrogen-bond donors (Lipinski definition) is 1. The predicted octanol–water partition coefficient (Wildman–Crippen LogP) is 3.75. The fourth-order valence-electron chi connectivity index (χ4n) is 3.20. The highest BCUT2D eigenvalue weighted by Crippen LogP contribution is 2.26. The molecule has 1 fully saturated rings. The Morgan fingerprint density at radius 2 is 1.90 bits per heavy atom. The lowest BCUT2D eigenvalue weighted by Gasteiger charge is -2.28. The van der Waals surface area contributed by atoms with E-state index >= 15 is 0 Å². The van der Waals surface area contributed by atoms with Crippen LogP contribution in [0.25, 0.3) is 0 Å². The molecule has 20 heavy (non-hydrogen) atoms. The summed E-state index contributed by atoms with van der Waals surface area (Å²) in [6, 6.07) is 5.18. The third-order valence-corrected chi connectivity index (χ3v) is 4.16.